The maximum atomic E-state index is 12.8. The molecule has 1 heterocycles. The van der Waals surface area contributed by atoms with Crippen LogP contribution in [0.1, 0.15) is 22.6 Å². The molecular weight excluding hydrogens is 322 g/mol. The Morgan fingerprint density at radius 3 is 2.48 bits per heavy atom. The molecule has 8 nitrogen and oxygen atoms in total. The number of nitro benzene ring substituents is 1. The lowest BCUT2D eigenvalue weighted by Gasteiger charge is -2.18. The van der Waals surface area contributed by atoms with Crippen molar-refractivity contribution in [2.24, 2.45) is 0 Å². The summed E-state index contributed by atoms with van der Waals surface area (Å²) in [5.74, 6) is 0.559. The molecule has 0 bridgehead atoms. The molecular formula is C14H17N3O5S. The standard InChI is InChI=1S/C14H17N3O5S/c1-9-5-6-13(17(18)19)14(11(9)3)23(20,21)16(4)8-12-7-10(2)22-15-12/h5-7H,8H2,1-4H3. The van der Waals surface area contributed by atoms with Gasteiger partial charge in [0.05, 0.1) is 17.2 Å². The van der Waals surface area contributed by atoms with Gasteiger partial charge in [-0.15, -0.1) is 0 Å². The van der Waals surface area contributed by atoms with Gasteiger partial charge in [0.1, 0.15) is 5.76 Å². The van der Waals surface area contributed by atoms with E-state index in [4.69, 9.17) is 4.52 Å². The van der Waals surface area contributed by atoms with Crippen LogP contribution in [-0.4, -0.2) is 29.9 Å². The molecule has 1 aromatic heterocycles. The van der Waals surface area contributed by atoms with Crippen molar-refractivity contribution in [3.8, 4) is 0 Å². The molecule has 0 saturated carbocycles. The summed E-state index contributed by atoms with van der Waals surface area (Å²) < 4.78 is 31.5. The molecule has 0 fully saturated rings. The first-order chi connectivity index (χ1) is 10.6. The third-order valence-electron chi connectivity index (χ3n) is 3.58. The second-order valence-electron chi connectivity index (χ2n) is 5.30. The molecule has 0 radical (unpaired) electrons. The van der Waals surface area contributed by atoms with E-state index < -0.39 is 20.6 Å². The minimum absolute atomic E-state index is 0.0375. The van der Waals surface area contributed by atoms with Crippen molar-refractivity contribution in [1.82, 2.24) is 9.46 Å². The van der Waals surface area contributed by atoms with Crippen molar-refractivity contribution in [1.29, 1.82) is 0 Å². The predicted octanol–water partition coefficient (Wildman–Crippen LogP) is 2.33. The third-order valence-corrected chi connectivity index (χ3v) is 5.56. The van der Waals surface area contributed by atoms with E-state index in [0.717, 1.165) is 4.31 Å². The number of sulfonamides is 1. The summed E-state index contributed by atoms with van der Waals surface area (Å²) in [4.78, 5) is 10.2. The lowest BCUT2D eigenvalue weighted by molar-refractivity contribution is -0.388. The molecule has 0 spiro atoms. The van der Waals surface area contributed by atoms with Gasteiger partial charge in [-0.1, -0.05) is 11.2 Å². The van der Waals surface area contributed by atoms with E-state index in [1.165, 1.54) is 19.2 Å². The van der Waals surface area contributed by atoms with Crippen molar-refractivity contribution in [2.75, 3.05) is 7.05 Å². The Bertz CT molecular complexity index is 857. The summed E-state index contributed by atoms with van der Waals surface area (Å²) in [6, 6.07) is 4.36. The summed E-state index contributed by atoms with van der Waals surface area (Å²) in [5, 5.41) is 15.0. The second kappa shape index (κ2) is 6.09. The Balaban J connectivity index is 2.50. The molecule has 0 atom stereocenters. The highest BCUT2D eigenvalue weighted by Gasteiger charge is 2.32. The molecule has 0 aliphatic carbocycles. The highest BCUT2D eigenvalue weighted by Crippen LogP contribution is 2.31. The van der Waals surface area contributed by atoms with E-state index in [1.807, 2.05) is 0 Å². The number of rotatable bonds is 5. The number of hydrogen-bond donors (Lipinski definition) is 0. The maximum absolute atomic E-state index is 12.8. The Labute approximate surface area is 133 Å². The minimum Gasteiger partial charge on any atom is -0.361 e. The first kappa shape index (κ1) is 17.1. The smallest absolute Gasteiger partial charge is 0.289 e. The van der Waals surface area contributed by atoms with Gasteiger partial charge in [-0.2, -0.15) is 4.31 Å². The van der Waals surface area contributed by atoms with Crippen LogP contribution in [0.15, 0.2) is 27.6 Å². The van der Waals surface area contributed by atoms with Crippen molar-refractivity contribution in [3.63, 3.8) is 0 Å². The molecule has 1 aromatic carbocycles. The Morgan fingerprint density at radius 1 is 1.30 bits per heavy atom. The minimum atomic E-state index is -4.05. The predicted molar refractivity (Wildman–Crippen MR) is 82.5 cm³/mol. The normalized spacial score (nSPS) is 11.9. The summed E-state index contributed by atoms with van der Waals surface area (Å²) in [5.41, 5.74) is 1.03. The molecule has 0 N–H and O–H groups in total. The summed E-state index contributed by atoms with van der Waals surface area (Å²) in [6.07, 6.45) is 0. The van der Waals surface area contributed by atoms with Crippen LogP contribution in [0.3, 0.4) is 0 Å². The number of hydrogen-bond acceptors (Lipinski definition) is 6. The molecule has 0 aliphatic rings. The number of nitro groups is 1. The van der Waals surface area contributed by atoms with E-state index >= 15 is 0 Å². The number of aromatic nitrogens is 1. The van der Waals surface area contributed by atoms with E-state index in [-0.39, 0.29) is 11.4 Å². The number of aryl methyl sites for hydroxylation is 2. The van der Waals surface area contributed by atoms with Crippen molar-refractivity contribution in [3.05, 3.63) is 50.9 Å². The zero-order valence-corrected chi connectivity index (χ0v) is 14.0. The van der Waals surface area contributed by atoms with E-state index in [1.54, 1.807) is 26.8 Å². The summed E-state index contributed by atoms with van der Waals surface area (Å²) in [7, 11) is -2.69. The molecule has 9 heteroatoms. The molecule has 0 saturated heterocycles. The van der Waals surface area contributed by atoms with Gasteiger partial charge in [0.25, 0.3) is 5.69 Å². The first-order valence-corrected chi connectivity index (χ1v) is 8.21. The van der Waals surface area contributed by atoms with Gasteiger partial charge in [0, 0.05) is 19.2 Å². The fraction of sp³-hybridized carbons (Fsp3) is 0.357. The van der Waals surface area contributed by atoms with Crippen LogP contribution in [0.25, 0.3) is 0 Å². The number of nitrogens with zero attached hydrogens (tertiary/aromatic N) is 3. The summed E-state index contributed by atoms with van der Waals surface area (Å²) >= 11 is 0. The van der Waals surface area contributed by atoms with E-state index in [9.17, 15) is 18.5 Å². The van der Waals surface area contributed by atoms with Gasteiger partial charge in [0.15, 0.2) is 4.90 Å². The van der Waals surface area contributed by atoms with Gasteiger partial charge in [-0.25, -0.2) is 8.42 Å². The van der Waals surface area contributed by atoms with Crippen LogP contribution in [-0.2, 0) is 16.6 Å². The summed E-state index contributed by atoms with van der Waals surface area (Å²) in [6.45, 7) is 4.92. The zero-order valence-electron chi connectivity index (χ0n) is 13.2. The Morgan fingerprint density at radius 2 is 1.96 bits per heavy atom. The average molecular weight is 339 g/mol. The average Bonchev–Trinajstić information content (AvgIpc) is 2.86. The SMILES string of the molecule is Cc1cc(CN(C)S(=O)(=O)c2c([N+](=O)[O-])ccc(C)c2C)no1. The van der Waals surface area contributed by atoms with Crippen molar-refractivity contribution in [2.45, 2.75) is 32.2 Å². The van der Waals surface area contributed by atoms with Crippen LogP contribution in [0.2, 0.25) is 0 Å². The first-order valence-electron chi connectivity index (χ1n) is 6.77. The third kappa shape index (κ3) is 3.25. The fourth-order valence-corrected chi connectivity index (χ4v) is 3.78. The zero-order chi connectivity index (χ0) is 17.4. The topological polar surface area (TPSA) is 107 Å². The van der Waals surface area contributed by atoms with Crippen molar-refractivity contribution >= 4 is 15.7 Å². The molecule has 23 heavy (non-hydrogen) atoms. The molecule has 2 rings (SSSR count). The Hall–Kier alpha value is -2.26. The second-order valence-corrected chi connectivity index (χ2v) is 7.28. The molecule has 0 aliphatic heterocycles. The fourth-order valence-electron chi connectivity index (χ4n) is 2.21. The number of benzene rings is 1. The molecule has 0 unspecified atom stereocenters. The van der Waals surface area contributed by atoms with E-state index in [0.29, 0.717) is 22.6 Å². The van der Waals surface area contributed by atoms with Gasteiger partial charge >= 0.3 is 0 Å². The lowest BCUT2D eigenvalue weighted by Crippen LogP contribution is -2.28. The van der Waals surface area contributed by atoms with E-state index in [2.05, 4.69) is 5.16 Å². The monoisotopic (exact) mass is 339 g/mol. The van der Waals surface area contributed by atoms with Crippen LogP contribution in [0.5, 0.6) is 0 Å². The molecule has 124 valence electrons. The largest absolute Gasteiger partial charge is 0.361 e. The van der Waals surface area contributed by atoms with Gasteiger partial charge < -0.3 is 4.52 Å². The van der Waals surface area contributed by atoms with Gasteiger partial charge in [-0.05, 0) is 31.9 Å². The van der Waals surface area contributed by atoms with Gasteiger partial charge in [-0.3, -0.25) is 10.1 Å². The molecule has 0 amide bonds. The van der Waals surface area contributed by atoms with Crippen molar-refractivity contribution < 1.29 is 17.9 Å². The van der Waals surface area contributed by atoms with Crippen LogP contribution in [0.4, 0.5) is 5.69 Å². The Kier molecular flexibility index (Phi) is 4.53. The highest BCUT2D eigenvalue weighted by atomic mass is 32.2. The maximum Gasteiger partial charge on any atom is 0.289 e. The van der Waals surface area contributed by atoms with Gasteiger partial charge in [0.2, 0.25) is 10.0 Å². The quantitative estimate of drug-likeness (QED) is 0.611. The van der Waals surface area contributed by atoms with Crippen LogP contribution >= 0.6 is 0 Å². The van der Waals surface area contributed by atoms with Crippen LogP contribution < -0.4 is 0 Å². The highest BCUT2D eigenvalue weighted by molar-refractivity contribution is 7.89. The van der Waals surface area contributed by atoms with Crippen LogP contribution in [0, 0.1) is 30.9 Å². The molecule has 2 aromatic rings. The lowest BCUT2D eigenvalue weighted by atomic mass is 10.1.